The molecule has 0 bridgehead atoms. The van der Waals surface area contributed by atoms with Gasteiger partial charge in [0, 0.05) is 0 Å². The summed E-state index contributed by atoms with van der Waals surface area (Å²) in [7, 11) is 1.45. The summed E-state index contributed by atoms with van der Waals surface area (Å²) in [6.45, 7) is 0.128. The molecule has 0 saturated carbocycles. The van der Waals surface area contributed by atoms with Gasteiger partial charge >= 0.3 is 5.97 Å². The van der Waals surface area contributed by atoms with Gasteiger partial charge in [-0.25, -0.2) is 4.79 Å². The maximum atomic E-state index is 12.1. The van der Waals surface area contributed by atoms with E-state index in [1.54, 1.807) is 42.5 Å². The third kappa shape index (κ3) is 3.52. The molecule has 0 fully saturated rings. The van der Waals surface area contributed by atoms with Gasteiger partial charge in [0.1, 0.15) is 12.2 Å². The van der Waals surface area contributed by atoms with E-state index in [1.165, 1.54) is 7.11 Å². The van der Waals surface area contributed by atoms with Crippen molar-refractivity contribution >= 4 is 11.7 Å². The Kier molecular flexibility index (Phi) is 4.79. The predicted octanol–water partition coefficient (Wildman–Crippen LogP) is 2.13. The quantitative estimate of drug-likeness (QED) is 0.650. The van der Waals surface area contributed by atoms with Gasteiger partial charge in [-0.3, -0.25) is 0 Å². The highest BCUT2D eigenvalue weighted by atomic mass is 16.5. The molecule has 0 heterocycles. The molecule has 0 aliphatic carbocycles. The van der Waals surface area contributed by atoms with Crippen molar-refractivity contribution in [1.82, 2.24) is 0 Å². The maximum absolute atomic E-state index is 12.1. The van der Waals surface area contributed by atoms with E-state index < -0.39 is 5.97 Å². The lowest BCUT2D eigenvalue weighted by molar-refractivity contribution is 0.0469. The van der Waals surface area contributed by atoms with E-state index >= 15 is 0 Å². The molecule has 3 N–H and O–H groups in total. The number of carbonyl (C=O) groups excluding carboxylic acids is 1. The number of esters is 1. The number of para-hydroxylation sites is 1. The molecule has 2 aromatic carbocycles. The number of nitrogens with two attached hydrogens (primary N) is 1. The van der Waals surface area contributed by atoms with Crippen LogP contribution in [0, 0.1) is 0 Å². The third-order valence-electron chi connectivity index (χ3n) is 3.05. The number of hydrogen-bond donors (Lipinski definition) is 2. The van der Waals surface area contributed by atoms with Crippen molar-refractivity contribution in [2.24, 2.45) is 0 Å². The topological polar surface area (TPSA) is 81.8 Å². The van der Waals surface area contributed by atoms with Crippen molar-refractivity contribution in [3.8, 4) is 5.75 Å². The summed E-state index contributed by atoms with van der Waals surface area (Å²) in [6, 6.07) is 12.1. The van der Waals surface area contributed by atoms with Crippen LogP contribution in [0.4, 0.5) is 5.69 Å². The molecule has 0 saturated heterocycles. The van der Waals surface area contributed by atoms with Crippen LogP contribution in [-0.4, -0.2) is 18.2 Å². The third-order valence-corrected chi connectivity index (χ3v) is 3.05. The lowest BCUT2D eigenvalue weighted by Crippen LogP contribution is -2.08. The first-order chi connectivity index (χ1) is 10.2. The fraction of sp³-hybridized carbons (Fsp3) is 0.188. The zero-order valence-corrected chi connectivity index (χ0v) is 11.7. The van der Waals surface area contributed by atoms with Crippen molar-refractivity contribution in [3.05, 3.63) is 59.2 Å². The van der Waals surface area contributed by atoms with Crippen LogP contribution < -0.4 is 10.5 Å². The molecule has 110 valence electrons. The zero-order valence-electron chi connectivity index (χ0n) is 11.7. The summed E-state index contributed by atoms with van der Waals surface area (Å²) in [5.74, 6) is -0.177. The standard InChI is InChI=1S/C16H17NO4/c1-20-15-13(3-2-4-14(15)17)16(19)21-10-12-7-5-11(9-18)6-8-12/h2-8,18H,9-10,17H2,1H3. The Balaban J connectivity index is 2.06. The van der Waals surface area contributed by atoms with Crippen molar-refractivity contribution in [3.63, 3.8) is 0 Å². The molecule has 5 heteroatoms. The fourth-order valence-corrected chi connectivity index (χ4v) is 1.91. The van der Waals surface area contributed by atoms with Gasteiger partial charge in [0.05, 0.1) is 19.4 Å². The number of aliphatic hydroxyl groups excluding tert-OH is 1. The average Bonchev–Trinajstić information content (AvgIpc) is 2.52. The Bertz CT molecular complexity index is 623. The molecule has 21 heavy (non-hydrogen) atoms. The first-order valence-corrected chi connectivity index (χ1v) is 6.44. The molecule has 0 aliphatic rings. The van der Waals surface area contributed by atoms with Crippen LogP contribution in [0.15, 0.2) is 42.5 Å². The monoisotopic (exact) mass is 287 g/mol. The Hall–Kier alpha value is -2.53. The number of methoxy groups -OCH3 is 1. The van der Waals surface area contributed by atoms with Gasteiger partial charge in [-0.2, -0.15) is 0 Å². The molecule has 2 rings (SSSR count). The molecule has 2 aromatic rings. The summed E-state index contributed by atoms with van der Waals surface area (Å²) in [5.41, 5.74) is 8.08. The number of carbonyl (C=O) groups is 1. The Morgan fingerprint density at radius 3 is 2.43 bits per heavy atom. The van der Waals surface area contributed by atoms with Gasteiger partial charge in [-0.15, -0.1) is 0 Å². The van der Waals surface area contributed by atoms with Crippen LogP contribution in [0.25, 0.3) is 0 Å². The summed E-state index contributed by atoms with van der Waals surface area (Å²) in [4.78, 5) is 12.1. The van der Waals surface area contributed by atoms with E-state index in [1.807, 2.05) is 0 Å². The van der Waals surface area contributed by atoms with E-state index in [2.05, 4.69) is 0 Å². The van der Waals surface area contributed by atoms with E-state index in [-0.39, 0.29) is 13.2 Å². The second-order valence-corrected chi connectivity index (χ2v) is 4.48. The van der Waals surface area contributed by atoms with Crippen molar-refractivity contribution in [1.29, 1.82) is 0 Å². The van der Waals surface area contributed by atoms with E-state index in [0.29, 0.717) is 17.0 Å². The number of aliphatic hydroxyl groups is 1. The molecule has 0 spiro atoms. The highest BCUT2D eigenvalue weighted by Crippen LogP contribution is 2.26. The number of hydrogen-bond acceptors (Lipinski definition) is 5. The summed E-state index contributed by atoms with van der Waals surface area (Å²) in [5, 5.41) is 8.97. The van der Waals surface area contributed by atoms with Crippen LogP contribution in [0.3, 0.4) is 0 Å². The molecule has 0 radical (unpaired) electrons. The lowest BCUT2D eigenvalue weighted by atomic mass is 10.1. The first kappa shape index (κ1) is 14.9. The number of anilines is 1. The number of nitrogen functional groups attached to an aromatic ring is 1. The summed E-state index contributed by atoms with van der Waals surface area (Å²) >= 11 is 0. The molecule has 0 atom stereocenters. The molecule has 0 amide bonds. The minimum absolute atomic E-state index is 0.0133. The first-order valence-electron chi connectivity index (χ1n) is 6.44. The summed E-state index contributed by atoms with van der Waals surface area (Å²) in [6.07, 6.45) is 0. The number of benzene rings is 2. The maximum Gasteiger partial charge on any atom is 0.342 e. The molecule has 5 nitrogen and oxygen atoms in total. The molecule has 0 aromatic heterocycles. The normalized spacial score (nSPS) is 10.2. The van der Waals surface area contributed by atoms with Gasteiger partial charge in [0.15, 0.2) is 5.75 Å². The molecule has 0 aliphatic heterocycles. The highest BCUT2D eigenvalue weighted by Gasteiger charge is 2.15. The van der Waals surface area contributed by atoms with Gasteiger partial charge in [-0.05, 0) is 23.3 Å². The van der Waals surface area contributed by atoms with E-state index in [9.17, 15) is 4.79 Å². The Labute approximate surface area is 122 Å². The highest BCUT2D eigenvalue weighted by molar-refractivity contribution is 5.94. The van der Waals surface area contributed by atoms with Crippen molar-refractivity contribution < 1.29 is 19.4 Å². The Morgan fingerprint density at radius 2 is 1.81 bits per heavy atom. The van der Waals surface area contributed by atoms with Crippen LogP contribution >= 0.6 is 0 Å². The molecular weight excluding hydrogens is 270 g/mol. The number of ether oxygens (including phenoxy) is 2. The zero-order chi connectivity index (χ0) is 15.2. The van der Waals surface area contributed by atoms with E-state index in [0.717, 1.165) is 11.1 Å². The van der Waals surface area contributed by atoms with Crippen LogP contribution in [0.1, 0.15) is 21.5 Å². The van der Waals surface area contributed by atoms with E-state index in [4.69, 9.17) is 20.3 Å². The lowest BCUT2D eigenvalue weighted by Gasteiger charge is -2.10. The smallest absolute Gasteiger partial charge is 0.342 e. The Morgan fingerprint density at radius 1 is 1.14 bits per heavy atom. The van der Waals surface area contributed by atoms with Crippen LogP contribution in [-0.2, 0) is 18.0 Å². The SMILES string of the molecule is COc1c(N)cccc1C(=O)OCc1ccc(CO)cc1. The minimum Gasteiger partial charge on any atom is -0.494 e. The van der Waals surface area contributed by atoms with Crippen LogP contribution in [0.5, 0.6) is 5.75 Å². The van der Waals surface area contributed by atoms with Gasteiger partial charge in [0.25, 0.3) is 0 Å². The minimum atomic E-state index is -0.495. The largest absolute Gasteiger partial charge is 0.494 e. The second kappa shape index (κ2) is 6.76. The van der Waals surface area contributed by atoms with Gasteiger partial charge < -0.3 is 20.3 Å². The average molecular weight is 287 g/mol. The number of rotatable bonds is 5. The predicted molar refractivity (Wildman–Crippen MR) is 78.9 cm³/mol. The van der Waals surface area contributed by atoms with Gasteiger partial charge in [-0.1, -0.05) is 30.3 Å². The van der Waals surface area contributed by atoms with Gasteiger partial charge in [0.2, 0.25) is 0 Å². The summed E-state index contributed by atoms with van der Waals surface area (Å²) < 4.78 is 10.4. The molecule has 0 unspecified atom stereocenters. The van der Waals surface area contributed by atoms with Crippen molar-refractivity contribution in [2.45, 2.75) is 13.2 Å². The molecular formula is C16H17NO4. The van der Waals surface area contributed by atoms with Crippen molar-refractivity contribution in [2.75, 3.05) is 12.8 Å². The second-order valence-electron chi connectivity index (χ2n) is 4.48. The van der Waals surface area contributed by atoms with Crippen LogP contribution in [0.2, 0.25) is 0 Å². The fourth-order valence-electron chi connectivity index (χ4n) is 1.91.